The number of rotatable bonds is 3. The Morgan fingerprint density at radius 2 is 2.03 bits per heavy atom. The zero-order valence-electron chi connectivity index (χ0n) is 17.6. The van der Waals surface area contributed by atoms with E-state index < -0.39 is 18.2 Å². The standard InChI is InChI=1S/C22H26N4O5/c1-24-11-10-15(13-19(24)28)31-12-4-6-14-5-3-7-16-20(14)25(2)22(30)26(16)17-8-9-18(27)23-21(17)29/h3,5,7,15,17,19,28H,8-13H2,1-2H3,(H,23,27,29). The molecule has 31 heavy (non-hydrogen) atoms. The quantitative estimate of drug-likeness (QED) is 0.533. The van der Waals surface area contributed by atoms with Crippen LogP contribution in [0.15, 0.2) is 23.0 Å². The molecule has 2 aromatic rings. The molecule has 3 heterocycles. The smallest absolute Gasteiger partial charge is 0.329 e. The first kappa shape index (κ1) is 21.3. The number of fused-ring (bicyclic) bond motifs is 1. The molecule has 0 saturated carbocycles. The third-order valence-electron chi connectivity index (χ3n) is 6.03. The van der Waals surface area contributed by atoms with Gasteiger partial charge in [-0.3, -0.25) is 28.9 Å². The third kappa shape index (κ3) is 4.14. The summed E-state index contributed by atoms with van der Waals surface area (Å²) in [4.78, 5) is 38.6. The van der Waals surface area contributed by atoms with Gasteiger partial charge in [0.05, 0.1) is 22.7 Å². The number of aromatic nitrogens is 2. The number of piperidine rings is 2. The number of aliphatic hydroxyl groups is 1. The fourth-order valence-corrected chi connectivity index (χ4v) is 4.24. The monoisotopic (exact) mass is 426 g/mol. The lowest BCUT2D eigenvalue weighted by Gasteiger charge is -2.33. The maximum Gasteiger partial charge on any atom is 0.329 e. The molecule has 0 aliphatic carbocycles. The Balaban J connectivity index is 1.57. The first-order valence-corrected chi connectivity index (χ1v) is 10.4. The molecule has 9 heteroatoms. The number of ether oxygens (including phenoxy) is 1. The number of carbonyl (C=O) groups is 2. The van der Waals surface area contributed by atoms with Crippen LogP contribution in [0.1, 0.15) is 37.3 Å². The number of nitrogens with one attached hydrogen (secondary N) is 1. The minimum Gasteiger partial charge on any atom is -0.378 e. The van der Waals surface area contributed by atoms with E-state index in [2.05, 4.69) is 17.2 Å². The van der Waals surface area contributed by atoms with Gasteiger partial charge in [-0.15, -0.1) is 0 Å². The van der Waals surface area contributed by atoms with Crippen LogP contribution in [0.2, 0.25) is 0 Å². The van der Waals surface area contributed by atoms with Gasteiger partial charge in [0.2, 0.25) is 11.8 Å². The van der Waals surface area contributed by atoms with Crippen molar-refractivity contribution in [3.63, 3.8) is 0 Å². The largest absolute Gasteiger partial charge is 0.378 e. The van der Waals surface area contributed by atoms with E-state index in [1.165, 1.54) is 9.13 Å². The van der Waals surface area contributed by atoms with Crippen molar-refractivity contribution in [1.29, 1.82) is 0 Å². The van der Waals surface area contributed by atoms with E-state index in [0.29, 0.717) is 23.0 Å². The van der Waals surface area contributed by atoms with Crippen LogP contribution in [-0.2, 0) is 21.4 Å². The first-order chi connectivity index (χ1) is 14.9. The van der Waals surface area contributed by atoms with Crippen LogP contribution in [0.3, 0.4) is 0 Å². The molecule has 2 saturated heterocycles. The van der Waals surface area contributed by atoms with Crippen LogP contribution in [0, 0.1) is 11.8 Å². The molecule has 3 unspecified atom stereocenters. The van der Waals surface area contributed by atoms with Crippen LogP contribution >= 0.6 is 0 Å². The predicted molar refractivity (Wildman–Crippen MR) is 113 cm³/mol. The fraction of sp³-hybridized carbons (Fsp3) is 0.500. The summed E-state index contributed by atoms with van der Waals surface area (Å²) < 4.78 is 8.72. The van der Waals surface area contributed by atoms with Crippen molar-refractivity contribution in [2.24, 2.45) is 7.05 Å². The Morgan fingerprint density at radius 1 is 1.23 bits per heavy atom. The molecule has 4 rings (SSSR count). The zero-order chi connectivity index (χ0) is 22.1. The summed E-state index contributed by atoms with van der Waals surface area (Å²) >= 11 is 0. The highest BCUT2D eigenvalue weighted by atomic mass is 16.5. The zero-order valence-corrected chi connectivity index (χ0v) is 17.6. The molecule has 1 aromatic carbocycles. The molecular weight excluding hydrogens is 400 g/mol. The van der Waals surface area contributed by atoms with Gasteiger partial charge in [-0.1, -0.05) is 17.9 Å². The van der Waals surface area contributed by atoms with E-state index in [0.717, 1.165) is 13.0 Å². The Labute approximate surface area is 179 Å². The van der Waals surface area contributed by atoms with Gasteiger partial charge in [0.25, 0.3) is 0 Å². The van der Waals surface area contributed by atoms with Crippen molar-refractivity contribution in [3.05, 3.63) is 34.2 Å². The maximum absolute atomic E-state index is 12.9. The lowest BCUT2D eigenvalue weighted by molar-refractivity contribution is -0.135. The number of amides is 2. The summed E-state index contributed by atoms with van der Waals surface area (Å²) in [6.45, 7) is 0.994. The van der Waals surface area contributed by atoms with Crippen LogP contribution < -0.4 is 11.0 Å². The van der Waals surface area contributed by atoms with Crippen molar-refractivity contribution in [1.82, 2.24) is 19.4 Å². The van der Waals surface area contributed by atoms with Gasteiger partial charge >= 0.3 is 5.69 Å². The van der Waals surface area contributed by atoms with E-state index in [4.69, 9.17) is 4.74 Å². The fourth-order valence-electron chi connectivity index (χ4n) is 4.24. The molecular formula is C22H26N4O5. The topological polar surface area (TPSA) is 106 Å². The van der Waals surface area contributed by atoms with Gasteiger partial charge < -0.3 is 9.84 Å². The van der Waals surface area contributed by atoms with Gasteiger partial charge in [0.1, 0.15) is 18.9 Å². The number of para-hydroxylation sites is 1. The minimum absolute atomic E-state index is 0.0331. The van der Waals surface area contributed by atoms with E-state index >= 15 is 0 Å². The van der Waals surface area contributed by atoms with Crippen molar-refractivity contribution < 1.29 is 19.4 Å². The lowest BCUT2D eigenvalue weighted by atomic mass is 10.1. The van der Waals surface area contributed by atoms with Crippen molar-refractivity contribution in [2.75, 3.05) is 20.2 Å². The molecule has 0 radical (unpaired) electrons. The Bertz CT molecular complexity index is 1140. The van der Waals surface area contributed by atoms with Gasteiger partial charge in [-0.2, -0.15) is 0 Å². The molecule has 2 fully saturated rings. The molecule has 0 spiro atoms. The number of imidazole rings is 1. The first-order valence-electron chi connectivity index (χ1n) is 10.4. The molecule has 9 nitrogen and oxygen atoms in total. The Kier molecular flexibility index (Phi) is 5.96. The number of benzene rings is 1. The molecule has 2 N–H and O–H groups in total. The Hall–Kier alpha value is -2.93. The van der Waals surface area contributed by atoms with Crippen molar-refractivity contribution >= 4 is 22.8 Å². The number of hydrogen-bond donors (Lipinski definition) is 2. The molecule has 2 aliphatic rings. The Morgan fingerprint density at radius 3 is 2.77 bits per heavy atom. The van der Waals surface area contributed by atoms with Gasteiger partial charge in [0.15, 0.2) is 0 Å². The minimum atomic E-state index is -0.726. The number of hydrogen-bond acceptors (Lipinski definition) is 6. The van der Waals surface area contributed by atoms with Gasteiger partial charge in [0, 0.05) is 26.4 Å². The number of carbonyl (C=O) groups excluding carboxylic acids is 2. The highest BCUT2D eigenvalue weighted by molar-refractivity contribution is 6.00. The lowest BCUT2D eigenvalue weighted by Crippen LogP contribution is -2.44. The number of imide groups is 1. The van der Waals surface area contributed by atoms with Crippen LogP contribution in [0.5, 0.6) is 0 Å². The summed E-state index contributed by atoms with van der Waals surface area (Å²) in [5.41, 5.74) is 1.58. The summed E-state index contributed by atoms with van der Waals surface area (Å²) in [6.07, 6.45) is 1.35. The van der Waals surface area contributed by atoms with Crippen LogP contribution in [-0.4, -0.2) is 63.5 Å². The van der Waals surface area contributed by atoms with Crippen LogP contribution in [0.25, 0.3) is 11.0 Å². The third-order valence-corrected chi connectivity index (χ3v) is 6.03. The normalized spacial score (nSPS) is 24.7. The number of aliphatic hydroxyl groups excluding tert-OH is 1. The van der Waals surface area contributed by atoms with Crippen molar-refractivity contribution in [3.8, 4) is 11.8 Å². The van der Waals surface area contributed by atoms with E-state index in [1.54, 1.807) is 19.2 Å². The summed E-state index contributed by atoms with van der Waals surface area (Å²) in [5, 5.41) is 12.2. The average molecular weight is 426 g/mol. The maximum atomic E-state index is 12.9. The van der Waals surface area contributed by atoms with Gasteiger partial charge in [-0.05, 0) is 32.0 Å². The van der Waals surface area contributed by atoms with E-state index in [9.17, 15) is 19.5 Å². The second kappa shape index (κ2) is 8.67. The molecule has 2 amide bonds. The number of likely N-dealkylation sites (tertiary alicyclic amines) is 1. The van der Waals surface area contributed by atoms with E-state index in [1.807, 2.05) is 18.0 Å². The van der Waals surface area contributed by atoms with E-state index in [-0.39, 0.29) is 37.1 Å². The summed E-state index contributed by atoms with van der Waals surface area (Å²) in [5.74, 6) is 5.29. The molecule has 2 aliphatic heterocycles. The summed E-state index contributed by atoms with van der Waals surface area (Å²) in [6, 6.07) is 4.67. The molecule has 164 valence electrons. The number of nitrogens with zero attached hydrogens (tertiary/aromatic N) is 3. The van der Waals surface area contributed by atoms with Gasteiger partial charge in [-0.25, -0.2) is 4.79 Å². The van der Waals surface area contributed by atoms with Crippen molar-refractivity contribution in [2.45, 2.75) is 44.1 Å². The second-order valence-corrected chi connectivity index (χ2v) is 8.07. The predicted octanol–water partition coefficient (Wildman–Crippen LogP) is 0.0984. The number of aryl methyl sites for hydroxylation is 1. The van der Waals surface area contributed by atoms with Crippen LogP contribution in [0.4, 0.5) is 0 Å². The SMILES string of the molecule is CN1CCC(OCC#Cc2cccc3c2n(C)c(=O)n3C2CCC(=O)NC2=O)CC1O. The average Bonchev–Trinajstić information content (AvgIpc) is 2.99. The highest BCUT2D eigenvalue weighted by Crippen LogP contribution is 2.24. The highest BCUT2D eigenvalue weighted by Gasteiger charge is 2.31. The summed E-state index contributed by atoms with van der Waals surface area (Å²) in [7, 11) is 3.53. The molecule has 3 atom stereocenters. The molecule has 1 aromatic heterocycles. The molecule has 0 bridgehead atoms. The second-order valence-electron chi connectivity index (χ2n) is 8.07.